The number of imidazole rings is 1. The third-order valence-electron chi connectivity index (χ3n) is 2.75. The number of rotatable bonds is 4. The summed E-state index contributed by atoms with van der Waals surface area (Å²) in [5.41, 5.74) is 7.72. The third kappa shape index (κ3) is 2.65. The fourth-order valence-electron chi connectivity index (χ4n) is 1.76. The number of nitrogens with zero attached hydrogens (tertiary/aromatic N) is 2. The van der Waals surface area contributed by atoms with Gasteiger partial charge in [-0.25, -0.2) is 4.98 Å². The molecule has 4 nitrogen and oxygen atoms in total. The molecule has 0 saturated carbocycles. The highest BCUT2D eigenvalue weighted by Gasteiger charge is 2.03. The van der Waals surface area contributed by atoms with E-state index in [1.807, 2.05) is 25.3 Å². The normalized spacial score (nSPS) is 10.5. The van der Waals surface area contributed by atoms with Crippen molar-refractivity contribution in [2.24, 2.45) is 5.73 Å². The fraction of sp³-hybridized carbons (Fsp3) is 0.308. The fourth-order valence-corrected chi connectivity index (χ4v) is 1.76. The zero-order valence-electron chi connectivity index (χ0n) is 10.2. The van der Waals surface area contributed by atoms with Crippen molar-refractivity contribution in [3.8, 4) is 5.75 Å². The molecular weight excluding hydrogens is 214 g/mol. The number of benzene rings is 1. The molecule has 0 spiro atoms. The van der Waals surface area contributed by atoms with Crippen molar-refractivity contribution in [2.75, 3.05) is 7.11 Å². The summed E-state index contributed by atoms with van der Waals surface area (Å²) in [5.74, 6) is 1.86. The van der Waals surface area contributed by atoms with Crippen LogP contribution in [0.1, 0.15) is 17.1 Å². The minimum absolute atomic E-state index is 0.483. The Kier molecular flexibility index (Phi) is 3.44. The molecule has 0 radical (unpaired) electrons. The molecule has 0 aliphatic heterocycles. The van der Waals surface area contributed by atoms with Crippen LogP contribution in [0, 0.1) is 6.92 Å². The molecule has 2 rings (SSSR count). The van der Waals surface area contributed by atoms with E-state index in [-0.39, 0.29) is 0 Å². The second-order valence-corrected chi connectivity index (χ2v) is 3.96. The highest BCUT2D eigenvalue weighted by molar-refractivity contribution is 5.27. The predicted molar refractivity (Wildman–Crippen MR) is 67.0 cm³/mol. The van der Waals surface area contributed by atoms with Gasteiger partial charge in [0.25, 0.3) is 0 Å². The van der Waals surface area contributed by atoms with Gasteiger partial charge in [0.05, 0.1) is 12.8 Å². The Morgan fingerprint density at radius 1 is 1.29 bits per heavy atom. The van der Waals surface area contributed by atoms with Crippen molar-refractivity contribution in [3.63, 3.8) is 0 Å². The van der Waals surface area contributed by atoms with E-state index in [0.717, 1.165) is 23.8 Å². The van der Waals surface area contributed by atoms with Crippen LogP contribution in [0.3, 0.4) is 0 Å². The van der Waals surface area contributed by atoms with Gasteiger partial charge in [-0.15, -0.1) is 0 Å². The Labute approximate surface area is 101 Å². The second-order valence-electron chi connectivity index (χ2n) is 3.96. The Morgan fingerprint density at radius 2 is 2.00 bits per heavy atom. The molecule has 0 aliphatic rings. The third-order valence-corrected chi connectivity index (χ3v) is 2.75. The van der Waals surface area contributed by atoms with E-state index in [4.69, 9.17) is 10.5 Å². The van der Waals surface area contributed by atoms with Gasteiger partial charge < -0.3 is 15.0 Å². The van der Waals surface area contributed by atoms with Gasteiger partial charge in [0.15, 0.2) is 0 Å². The molecule has 1 aromatic carbocycles. The van der Waals surface area contributed by atoms with Crippen LogP contribution in [0.5, 0.6) is 5.75 Å². The average molecular weight is 231 g/mol. The highest BCUT2D eigenvalue weighted by atomic mass is 16.5. The lowest BCUT2D eigenvalue weighted by Gasteiger charge is -2.06. The van der Waals surface area contributed by atoms with Crippen molar-refractivity contribution in [3.05, 3.63) is 47.5 Å². The zero-order chi connectivity index (χ0) is 12.3. The summed E-state index contributed by atoms with van der Waals surface area (Å²) in [6.45, 7) is 3.28. The van der Waals surface area contributed by atoms with Crippen molar-refractivity contribution in [1.29, 1.82) is 0 Å². The molecule has 1 heterocycles. The average Bonchev–Trinajstić information content (AvgIpc) is 2.71. The van der Waals surface area contributed by atoms with Gasteiger partial charge in [-0.2, -0.15) is 0 Å². The summed E-state index contributed by atoms with van der Waals surface area (Å²) >= 11 is 0. The molecule has 2 aromatic rings. The van der Waals surface area contributed by atoms with Crippen molar-refractivity contribution in [1.82, 2.24) is 9.55 Å². The number of hydrogen-bond donors (Lipinski definition) is 1. The first-order valence-electron chi connectivity index (χ1n) is 5.58. The van der Waals surface area contributed by atoms with Gasteiger partial charge in [0.1, 0.15) is 11.6 Å². The Hall–Kier alpha value is -1.81. The largest absolute Gasteiger partial charge is 0.497 e. The SMILES string of the molecule is COc1ccc(Cn2cc(CN)nc2C)cc1. The summed E-state index contributed by atoms with van der Waals surface area (Å²) in [6.07, 6.45) is 2.00. The lowest BCUT2D eigenvalue weighted by molar-refractivity contribution is 0.414. The summed E-state index contributed by atoms with van der Waals surface area (Å²) < 4.78 is 7.23. The molecule has 0 atom stereocenters. The van der Waals surface area contributed by atoms with Crippen LogP contribution in [0.15, 0.2) is 30.5 Å². The monoisotopic (exact) mass is 231 g/mol. The van der Waals surface area contributed by atoms with Gasteiger partial charge in [0.2, 0.25) is 0 Å². The number of aromatic nitrogens is 2. The standard InChI is InChI=1S/C13H17N3O/c1-10-15-12(7-14)9-16(10)8-11-3-5-13(17-2)6-4-11/h3-6,9H,7-8,14H2,1-2H3. The summed E-state index contributed by atoms with van der Waals surface area (Å²) in [7, 11) is 1.67. The molecule has 4 heteroatoms. The molecule has 0 unspecified atom stereocenters. The summed E-state index contributed by atoms with van der Waals surface area (Å²) in [4.78, 5) is 4.37. The first kappa shape index (κ1) is 11.7. The maximum Gasteiger partial charge on any atom is 0.118 e. The van der Waals surface area contributed by atoms with Crippen molar-refractivity contribution in [2.45, 2.75) is 20.0 Å². The predicted octanol–water partition coefficient (Wildman–Crippen LogP) is 1.71. The minimum Gasteiger partial charge on any atom is -0.497 e. The molecule has 90 valence electrons. The smallest absolute Gasteiger partial charge is 0.118 e. The first-order chi connectivity index (χ1) is 8.22. The van der Waals surface area contributed by atoms with Crippen LogP contribution in [0.2, 0.25) is 0 Å². The summed E-state index contributed by atoms with van der Waals surface area (Å²) in [5, 5.41) is 0. The van der Waals surface area contributed by atoms with Crippen LogP contribution >= 0.6 is 0 Å². The van der Waals surface area contributed by atoms with Gasteiger partial charge in [-0.3, -0.25) is 0 Å². The molecule has 2 N–H and O–H groups in total. The highest BCUT2D eigenvalue weighted by Crippen LogP contribution is 2.13. The van der Waals surface area contributed by atoms with E-state index >= 15 is 0 Å². The van der Waals surface area contributed by atoms with Crippen LogP contribution in [-0.4, -0.2) is 16.7 Å². The Morgan fingerprint density at radius 3 is 2.53 bits per heavy atom. The maximum absolute atomic E-state index is 5.57. The minimum atomic E-state index is 0.483. The number of aryl methyl sites for hydroxylation is 1. The van der Waals surface area contributed by atoms with Gasteiger partial charge in [-0.05, 0) is 24.6 Å². The quantitative estimate of drug-likeness (QED) is 0.871. The molecule has 17 heavy (non-hydrogen) atoms. The molecule has 0 fully saturated rings. The van der Waals surface area contributed by atoms with Crippen LogP contribution in [0.25, 0.3) is 0 Å². The van der Waals surface area contributed by atoms with E-state index in [0.29, 0.717) is 6.54 Å². The molecular formula is C13H17N3O. The summed E-state index contributed by atoms with van der Waals surface area (Å²) in [6, 6.07) is 8.04. The van der Waals surface area contributed by atoms with Crippen molar-refractivity contribution < 1.29 is 4.74 Å². The zero-order valence-corrected chi connectivity index (χ0v) is 10.2. The van der Waals surface area contributed by atoms with Gasteiger partial charge in [-0.1, -0.05) is 12.1 Å². The van der Waals surface area contributed by atoms with E-state index in [2.05, 4.69) is 21.7 Å². The maximum atomic E-state index is 5.57. The van der Waals surface area contributed by atoms with Crippen LogP contribution in [0.4, 0.5) is 0 Å². The van der Waals surface area contributed by atoms with E-state index in [9.17, 15) is 0 Å². The van der Waals surface area contributed by atoms with Crippen LogP contribution < -0.4 is 10.5 Å². The number of hydrogen-bond acceptors (Lipinski definition) is 3. The Bertz CT molecular complexity index is 488. The number of ether oxygens (including phenoxy) is 1. The second kappa shape index (κ2) is 5.01. The van der Waals surface area contributed by atoms with Gasteiger partial charge in [0, 0.05) is 19.3 Å². The van der Waals surface area contributed by atoms with Crippen LogP contribution in [-0.2, 0) is 13.1 Å². The van der Waals surface area contributed by atoms with Crippen molar-refractivity contribution >= 4 is 0 Å². The Balaban J connectivity index is 2.16. The first-order valence-corrected chi connectivity index (χ1v) is 5.58. The molecule has 0 bridgehead atoms. The molecule has 0 aliphatic carbocycles. The number of methoxy groups -OCH3 is 1. The van der Waals surface area contributed by atoms with E-state index in [1.54, 1.807) is 7.11 Å². The topological polar surface area (TPSA) is 53.1 Å². The van der Waals surface area contributed by atoms with Gasteiger partial charge >= 0.3 is 0 Å². The number of nitrogens with two attached hydrogens (primary N) is 1. The molecule has 0 amide bonds. The lowest BCUT2D eigenvalue weighted by Crippen LogP contribution is -2.00. The van der Waals surface area contributed by atoms with E-state index < -0.39 is 0 Å². The lowest BCUT2D eigenvalue weighted by atomic mass is 10.2. The molecule has 0 saturated heterocycles. The van der Waals surface area contributed by atoms with E-state index in [1.165, 1.54) is 5.56 Å². The molecule has 1 aromatic heterocycles.